The normalized spacial score (nSPS) is 14.2. The van der Waals surface area contributed by atoms with Gasteiger partial charge in [-0.15, -0.1) is 0 Å². The quantitative estimate of drug-likeness (QED) is 0.0222. The van der Waals surface area contributed by atoms with E-state index in [1.165, 1.54) is 212 Å². The number of rotatable bonds is 77. The highest BCUT2D eigenvalue weighted by atomic mass is 31.2. The molecule has 0 saturated carbocycles. The molecule has 0 radical (unpaired) electrons. The maximum absolute atomic E-state index is 13.1. The zero-order valence-electron chi connectivity index (χ0n) is 63.4. The Hall–Kier alpha value is -1.94. The van der Waals surface area contributed by atoms with Gasteiger partial charge in [0.2, 0.25) is 0 Å². The fourth-order valence-corrected chi connectivity index (χ4v) is 13.6. The number of hydrogen-bond donors (Lipinski definition) is 3. The molecule has 0 heterocycles. The minimum atomic E-state index is -4.96. The molecule has 0 aromatic carbocycles. The van der Waals surface area contributed by atoms with Crippen molar-refractivity contribution in [3.63, 3.8) is 0 Å². The first-order valence-electron chi connectivity index (χ1n) is 40.5. The lowest BCUT2D eigenvalue weighted by atomic mass is 9.99. The predicted octanol–water partition coefficient (Wildman–Crippen LogP) is 23.1. The van der Waals surface area contributed by atoms with Gasteiger partial charge < -0.3 is 33.8 Å². The average molecular weight is 1420 g/mol. The van der Waals surface area contributed by atoms with Gasteiger partial charge in [-0.3, -0.25) is 37.3 Å². The Labute approximate surface area is 594 Å². The van der Waals surface area contributed by atoms with Crippen LogP contribution in [0.25, 0.3) is 0 Å². The van der Waals surface area contributed by atoms with Crippen molar-refractivity contribution in [1.82, 2.24) is 0 Å². The monoisotopic (exact) mass is 1420 g/mol. The highest BCUT2D eigenvalue weighted by Gasteiger charge is 2.30. The Morgan fingerprint density at radius 2 is 0.526 bits per heavy atom. The van der Waals surface area contributed by atoms with E-state index in [2.05, 4.69) is 41.5 Å². The van der Waals surface area contributed by atoms with E-state index in [0.717, 1.165) is 109 Å². The predicted molar refractivity (Wildman–Crippen MR) is 395 cm³/mol. The van der Waals surface area contributed by atoms with Gasteiger partial charge in [-0.2, -0.15) is 0 Å². The molecule has 0 spiro atoms. The van der Waals surface area contributed by atoms with Crippen LogP contribution in [0.3, 0.4) is 0 Å². The molecule has 0 amide bonds. The molecule has 0 aliphatic carbocycles. The second-order valence-electron chi connectivity index (χ2n) is 28.8. The molecule has 0 fully saturated rings. The first-order chi connectivity index (χ1) is 46.9. The number of esters is 4. The average Bonchev–Trinajstić information content (AvgIpc) is 1.74. The summed E-state index contributed by atoms with van der Waals surface area (Å²) in [5, 5.41) is 10.6. The van der Waals surface area contributed by atoms with Gasteiger partial charge in [-0.25, -0.2) is 9.13 Å². The molecule has 0 aliphatic heterocycles. The number of aliphatic hydroxyl groups excluding tert-OH is 1. The minimum absolute atomic E-state index is 0.103. The van der Waals surface area contributed by atoms with Crippen LogP contribution in [0.4, 0.5) is 0 Å². The van der Waals surface area contributed by atoms with E-state index in [4.69, 9.17) is 37.0 Å². The number of carbonyl (C=O) groups is 4. The molecule has 576 valence electrons. The molecule has 97 heavy (non-hydrogen) atoms. The van der Waals surface area contributed by atoms with Crippen molar-refractivity contribution in [1.29, 1.82) is 0 Å². The van der Waals surface area contributed by atoms with Gasteiger partial charge in [0.15, 0.2) is 12.2 Å². The molecule has 0 aliphatic rings. The van der Waals surface area contributed by atoms with E-state index in [9.17, 15) is 43.2 Å². The van der Waals surface area contributed by atoms with Gasteiger partial charge in [0.1, 0.15) is 19.3 Å². The minimum Gasteiger partial charge on any atom is -0.462 e. The first-order valence-corrected chi connectivity index (χ1v) is 43.5. The van der Waals surface area contributed by atoms with Gasteiger partial charge in [-0.05, 0) is 37.5 Å². The van der Waals surface area contributed by atoms with Crippen LogP contribution in [0.15, 0.2) is 0 Å². The van der Waals surface area contributed by atoms with Crippen LogP contribution in [0.5, 0.6) is 0 Å². The van der Waals surface area contributed by atoms with Crippen molar-refractivity contribution in [2.75, 3.05) is 39.6 Å². The molecule has 0 bridgehead atoms. The van der Waals surface area contributed by atoms with E-state index in [0.29, 0.717) is 31.6 Å². The van der Waals surface area contributed by atoms with Gasteiger partial charge in [0.05, 0.1) is 26.4 Å². The summed E-state index contributed by atoms with van der Waals surface area (Å²) in [7, 11) is -9.91. The molecule has 3 unspecified atom stereocenters. The lowest BCUT2D eigenvalue weighted by Gasteiger charge is -2.21. The Balaban J connectivity index is 5.14. The molecule has 0 rings (SSSR count). The number of aliphatic hydroxyl groups is 1. The van der Waals surface area contributed by atoms with E-state index in [-0.39, 0.29) is 25.7 Å². The summed E-state index contributed by atoms with van der Waals surface area (Å²) in [6, 6.07) is 0. The third-order valence-corrected chi connectivity index (χ3v) is 20.5. The standard InChI is InChI=1S/C78H152O17P2/c1-7-10-12-14-16-17-18-19-20-21-22-23-24-25-26-27-32-35-38-44-50-56-62-77(82)94-74(67-89-76(81)61-55-49-43-37-34-31-29-28-30-33-36-42-47-53-59-71(6)9-3)69-93-97(86,87)91-65-72(79)64-90-96(84,85)92-68-73(66-88-75(80)60-54-48-40-15-13-11-8-2)95-78(83)63-57-51-45-39-41-46-52-58-70(4)5/h70-74,79H,7-69H2,1-6H3,(H,84,85)(H,86,87)/t71?,72-,73+,74+/m0/s1. The van der Waals surface area contributed by atoms with Crippen molar-refractivity contribution < 1.29 is 80.2 Å². The molecular formula is C78H152O17P2. The summed E-state index contributed by atoms with van der Waals surface area (Å²) >= 11 is 0. The van der Waals surface area contributed by atoms with Gasteiger partial charge in [0.25, 0.3) is 0 Å². The second kappa shape index (κ2) is 69.8. The molecule has 3 N–H and O–H groups in total. The van der Waals surface area contributed by atoms with Crippen LogP contribution in [0, 0.1) is 11.8 Å². The Bertz CT molecular complexity index is 1870. The Morgan fingerprint density at radius 3 is 0.784 bits per heavy atom. The molecule has 0 saturated heterocycles. The van der Waals surface area contributed by atoms with Gasteiger partial charge in [-0.1, -0.05) is 356 Å². The number of carbonyl (C=O) groups excluding carboxylic acids is 4. The maximum atomic E-state index is 13.1. The maximum Gasteiger partial charge on any atom is 0.472 e. The summed E-state index contributed by atoms with van der Waals surface area (Å²) in [6.45, 7) is 9.55. The van der Waals surface area contributed by atoms with E-state index in [1.807, 2.05) is 0 Å². The fourth-order valence-electron chi connectivity index (χ4n) is 12.0. The molecule has 19 heteroatoms. The molecule has 17 nitrogen and oxygen atoms in total. The zero-order valence-corrected chi connectivity index (χ0v) is 65.2. The summed E-state index contributed by atoms with van der Waals surface area (Å²) in [4.78, 5) is 72.7. The lowest BCUT2D eigenvalue weighted by molar-refractivity contribution is -0.161. The van der Waals surface area contributed by atoms with Crippen LogP contribution in [0.1, 0.15) is 408 Å². The lowest BCUT2D eigenvalue weighted by Crippen LogP contribution is -2.30. The van der Waals surface area contributed by atoms with Gasteiger partial charge in [0, 0.05) is 25.7 Å². The summed E-state index contributed by atoms with van der Waals surface area (Å²) in [5.74, 6) is -0.576. The summed E-state index contributed by atoms with van der Waals surface area (Å²) < 4.78 is 68.4. The van der Waals surface area contributed by atoms with Crippen LogP contribution >= 0.6 is 15.6 Å². The van der Waals surface area contributed by atoms with Crippen LogP contribution in [0.2, 0.25) is 0 Å². The highest BCUT2D eigenvalue weighted by Crippen LogP contribution is 2.45. The topological polar surface area (TPSA) is 237 Å². The van der Waals surface area contributed by atoms with Crippen molar-refractivity contribution in [2.24, 2.45) is 11.8 Å². The number of ether oxygens (including phenoxy) is 4. The Kier molecular flexibility index (Phi) is 68.4. The smallest absolute Gasteiger partial charge is 0.462 e. The summed E-state index contributed by atoms with van der Waals surface area (Å²) in [5.41, 5.74) is 0. The highest BCUT2D eigenvalue weighted by molar-refractivity contribution is 7.47. The third-order valence-electron chi connectivity index (χ3n) is 18.6. The number of hydrogen-bond acceptors (Lipinski definition) is 15. The van der Waals surface area contributed by atoms with Crippen LogP contribution in [-0.2, 0) is 65.4 Å². The molecule has 6 atom stereocenters. The van der Waals surface area contributed by atoms with E-state index >= 15 is 0 Å². The largest absolute Gasteiger partial charge is 0.472 e. The van der Waals surface area contributed by atoms with E-state index < -0.39 is 97.5 Å². The molecular weight excluding hydrogens is 1270 g/mol. The molecule has 0 aromatic rings. The van der Waals surface area contributed by atoms with Crippen LogP contribution in [-0.4, -0.2) is 96.7 Å². The van der Waals surface area contributed by atoms with Crippen molar-refractivity contribution in [3.8, 4) is 0 Å². The van der Waals surface area contributed by atoms with Crippen molar-refractivity contribution in [2.45, 2.75) is 426 Å². The van der Waals surface area contributed by atoms with E-state index in [1.54, 1.807) is 0 Å². The fraction of sp³-hybridized carbons (Fsp3) is 0.949. The first kappa shape index (κ1) is 95.1. The molecule has 0 aromatic heterocycles. The third kappa shape index (κ3) is 70.9. The summed E-state index contributed by atoms with van der Waals surface area (Å²) in [6.07, 6.45) is 58.7. The number of phosphoric acid groups is 2. The van der Waals surface area contributed by atoms with Crippen LogP contribution < -0.4 is 0 Å². The zero-order chi connectivity index (χ0) is 71.4. The SMILES string of the molecule is CCCCCCCCCCCCCCCCCCCCCCCCC(=O)O[C@H](COC(=O)CCCCCCCCCCCCCCCCC(C)CC)COP(=O)(O)OC[C@@H](O)COP(=O)(O)OC[C@@H](COC(=O)CCCCCCCCC)OC(=O)CCCCCCCCCC(C)C. The van der Waals surface area contributed by atoms with Crippen molar-refractivity contribution in [3.05, 3.63) is 0 Å². The Morgan fingerprint density at radius 1 is 0.299 bits per heavy atom. The number of phosphoric ester groups is 2. The second-order valence-corrected chi connectivity index (χ2v) is 31.7. The number of unbranched alkanes of at least 4 members (excludes halogenated alkanes) is 46. The van der Waals surface area contributed by atoms with Gasteiger partial charge >= 0.3 is 39.5 Å². The van der Waals surface area contributed by atoms with Crippen molar-refractivity contribution >= 4 is 39.5 Å².